The van der Waals surface area contributed by atoms with Crippen molar-refractivity contribution in [2.45, 2.75) is 12.5 Å². The van der Waals surface area contributed by atoms with Gasteiger partial charge in [0.05, 0.1) is 7.11 Å². The van der Waals surface area contributed by atoms with Crippen molar-refractivity contribution in [3.63, 3.8) is 0 Å². The van der Waals surface area contributed by atoms with Crippen LogP contribution in [0.2, 0.25) is 0 Å². The lowest BCUT2D eigenvalue weighted by molar-refractivity contribution is -0.141. The van der Waals surface area contributed by atoms with Crippen LogP contribution in [-0.2, 0) is 16.0 Å². The fraction of sp³-hybridized carbons (Fsp3) is 0.130. The summed E-state index contributed by atoms with van der Waals surface area (Å²) in [6, 6.07) is 19.2. The van der Waals surface area contributed by atoms with Crippen LogP contribution in [0.3, 0.4) is 0 Å². The molecule has 0 amide bonds. The molecule has 0 aliphatic rings. The molecule has 0 saturated carbocycles. The molecule has 2 aromatic carbocycles. The number of H-pyrrole nitrogens is 1. The molecule has 0 spiro atoms. The molecule has 0 fully saturated rings. The molecular weight excluding hydrogens is 364 g/mol. The van der Waals surface area contributed by atoms with Gasteiger partial charge in [0.25, 0.3) is 0 Å². The number of aromatic nitrogens is 2. The lowest BCUT2D eigenvalue weighted by Gasteiger charge is -2.18. The lowest BCUT2D eigenvalue weighted by Crippen LogP contribution is -2.32. The van der Waals surface area contributed by atoms with E-state index in [-0.39, 0.29) is 5.97 Å². The number of hydrogen-bond acceptors (Lipinski definition) is 5. The number of para-hydroxylation sites is 1. The molecule has 0 aliphatic carbocycles. The third kappa shape index (κ3) is 4.38. The van der Waals surface area contributed by atoms with Crippen molar-refractivity contribution in [3.05, 3.63) is 84.8 Å². The van der Waals surface area contributed by atoms with Gasteiger partial charge in [-0.1, -0.05) is 18.2 Å². The Labute approximate surface area is 168 Å². The quantitative estimate of drug-likeness (QED) is 0.408. The summed E-state index contributed by atoms with van der Waals surface area (Å²) in [5, 5.41) is 7.72. The van der Waals surface area contributed by atoms with Crippen LogP contribution in [0.15, 0.2) is 79.3 Å². The van der Waals surface area contributed by atoms with Gasteiger partial charge < -0.3 is 20.4 Å². The van der Waals surface area contributed by atoms with Crippen LogP contribution in [0.1, 0.15) is 5.56 Å². The third-order valence-electron chi connectivity index (χ3n) is 4.78. The van der Waals surface area contributed by atoms with E-state index in [1.807, 2.05) is 60.8 Å². The van der Waals surface area contributed by atoms with Crippen LogP contribution in [0, 0.1) is 0 Å². The van der Waals surface area contributed by atoms with Crippen LogP contribution in [-0.4, -0.2) is 29.1 Å². The molecule has 2 heterocycles. The molecule has 0 radical (unpaired) electrons. The Kier molecular flexibility index (Phi) is 5.42. The summed E-state index contributed by atoms with van der Waals surface area (Å²) in [6.45, 7) is 0. The number of ether oxygens (including phenoxy) is 1. The van der Waals surface area contributed by atoms with Gasteiger partial charge in [0, 0.05) is 53.0 Å². The molecule has 146 valence electrons. The zero-order valence-electron chi connectivity index (χ0n) is 16.1. The summed E-state index contributed by atoms with van der Waals surface area (Å²) >= 11 is 0. The molecule has 0 aliphatic heterocycles. The van der Waals surface area contributed by atoms with Gasteiger partial charge in [-0.3, -0.25) is 4.98 Å². The van der Waals surface area contributed by atoms with Crippen molar-refractivity contribution in [1.82, 2.24) is 9.97 Å². The van der Waals surface area contributed by atoms with Crippen LogP contribution in [0.4, 0.5) is 17.1 Å². The van der Waals surface area contributed by atoms with Gasteiger partial charge in [-0.25, -0.2) is 4.79 Å². The summed E-state index contributed by atoms with van der Waals surface area (Å²) < 4.78 is 5.02. The van der Waals surface area contributed by atoms with Crippen molar-refractivity contribution in [3.8, 4) is 0 Å². The first-order chi connectivity index (χ1) is 14.2. The predicted octanol–water partition coefficient (Wildman–Crippen LogP) is 4.50. The minimum absolute atomic E-state index is 0.297. The number of rotatable bonds is 7. The number of nitrogens with one attached hydrogen (secondary N) is 3. The van der Waals surface area contributed by atoms with Gasteiger partial charge in [-0.05, 0) is 48.0 Å². The number of pyridine rings is 1. The van der Waals surface area contributed by atoms with Crippen LogP contribution in [0.25, 0.3) is 10.9 Å². The maximum absolute atomic E-state index is 12.4. The zero-order chi connectivity index (χ0) is 20.1. The average molecular weight is 386 g/mol. The van der Waals surface area contributed by atoms with Gasteiger partial charge in [0.1, 0.15) is 6.04 Å². The molecule has 6 heteroatoms. The number of hydrogen-bond donors (Lipinski definition) is 3. The Morgan fingerprint density at radius 1 is 1.00 bits per heavy atom. The zero-order valence-corrected chi connectivity index (χ0v) is 16.1. The van der Waals surface area contributed by atoms with Crippen molar-refractivity contribution in [1.29, 1.82) is 0 Å². The second-order valence-corrected chi connectivity index (χ2v) is 6.72. The summed E-state index contributed by atoms with van der Waals surface area (Å²) in [7, 11) is 1.41. The summed E-state index contributed by atoms with van der Waals surface area (Å²) in [6.07, 6.45) is 5.95. The molecule has 0 bridgehead atoms. The van der Waals surface area contributed by atoms with E-state index in [0.29, 0.717) is 6.42 Å². The molecule has 4 rings (SSSR count). The standard InChI is InChI=1S/C23H22N4O2/c1-29-23(28)22(14-16-15-25-21-5-3-2-4-20(16)21)27-18-8-6-17(7-9-18)26-19-10-12-24-13-11-19/h2-13,15,22,25,27H,14H2,1H3,(H,24,26). The first kappa shape index (κ1) is 18.6. The van der Waals surface area contributed by atoms with Gasteiger partial charge in [-0.15, -0.1) is 0 Å². The number of carbonyl (C=O) groups excluding carboxylic acids is 1. The Bertz CT molecular complexity index is 1090. The smallest absolute Gasteiger partial charge is 0.328 e. The maximum Gasteiger partial charge on any atom is 0.328 e. The Morgan fingerprint density at radius 3 is 2.45 bits per heavy atom. The molecule has 4 aromatic rings. The number of nitrogens with zero attached hydrogens (tertiary/aromatic N) is 1. The number of methoxy groups -OCH3 is 1. The van der Waals surface area contributed by atoms with Crippen LogP contribution in [0.5, 0.6) is 0 Å². The monoisotopic (exact) mass is 386 g/mol. The van der Waals surface area contributed by atoms with Crippen LogP contribution < -0.4 is 10.6 Å². The molecule has 29 heavy (non-hydrogen) atoms. The summed E-state index contributed by atoms with van der Waals surface area (Å²) in [5.41, 5.74) is 4.89. The highest BCUT2D eigenvalue weighted by Gasteiger charge is 2.21. The molecule has 1 atom stereocenters. The first-order valence-corrected chi connectivity index (χ1v) is 9.39. The van der Waals surface area contributed by atoms with Gasteiger partial charge >= 0.3 is 5.97 Å². The number of carbonyl (C=O) groups is 1. The third-order valence-corrected chi connectivity index (χ3v) is 4.78. The number of anilines is 3. The number of fused-ring (bicyclic) bond motifs is 1. The van der Waals surface area contributed by atoms with E-state index in [4.69, 9.17) is 4.74 Å². The largest absolute Gasteiger partial charge is 0.467 e. The van der Waals surface area contributed by atoms with Gasteiger partial charge in [-0.2, -0.15) is 0 Å². The minimum Gasteiger partial charge on any atom is -0.467 e. The van der Waals surface area contributed by atoms with Crippen molar-refractivity contribution in [2.24, 2.45) is 0 Å². The van der Waals surface area contributed by atoms with Gasteiger partial charge in [0.15, 0.2) is 0 Å². The first-order valence-electron chi connectivity index (χ1n) is 9.39. The lowest BCUT2D eigenvalue weighted by atomic mass is 10.0. The molecular formula is C23H22N4O2. The number of esters is 1. The fourth-order valence-electron chi connectivity index (χ4n) is 3.31. The Morgan fingerprint density at radius 2 is 1.69 bits per heavy atom. The van der Waals surface area contributed by atoms with Crippen LogP contribution >= 0.6 is 0 Å². The van der Waals surface area contributed by atoms with E-state index in [1.54, 1.807) is 12.4 Å². The Hall–Kier alpha value is -3.80. The number of benzene rings is 2. The van der Waals surface area contributed by atoms with E-state index in [9.17, 15) is 4.79 Å². The van der Waals surface area contributed by atoms with E-state index < -0.39 is 6.04 Å². The normalized spacial score (nSPS) is 11.8. The van der Waals surface area contributed by atoms with Crippen molar-refractivity contribution < 1.29 is 9.53 Å². The van der Waals surface area contributed by atoms with Crippen molar-refractivity contribution >= 4 is 33.9 Å². The van der Waals surface area contributed by atoms with E-state index in [2.05, 4.69) is 26.7 Å². The highest BCUT2D eigenvalue weighted by atomic mass is 16.5. The van der Waals surface area contributed by atoms with Crippen molar-refractivity contribution in [2.75, 3.05) is 17.7 Å². The van der Waals surface area contributed by atoms with E-state index in [0.717, 1.165) is 33.5 Å². The highest BCUT2D eigenvalue weighted by Crippen LogP contribution is 2.22. The summed E-state index contributed by atoms with van der Waals surface area (Å²) in [5.74, 6) is -0.297. The maximum atomic E-state index is 12.4. The van der Waals surface area contributed by atoms with E-state index >= 15 is 0 Å². The highest BCUT2D eigenvalue weighted by molar-refractivity contribution is 5.85. The molecule has 2 aromatic heterocycles. The molecule has 1 unspecified atom stereocenters. The number of aromatic amines is 1. The fourth-order valence-corrected chi connectivity index (χ4v) is 3.31. The SMILES string of the molecule is COC(=O)C(Cc1c[nH]c2ccccc12)Nc1ccc(Nc2ccncc2)cc1. The predicted molar refractivity (Wildman–Crippen MR) is 115 cm³/mol. The topological polar surface area (TPSA) is 79.0 Å². The Balaban J connectivity index is 1.49. The summed E-state index contributed by atoms with van der Waals surface area (Å²) in [4.78, 5) is 19.6. The molecule has 0 saturated heterocycles. The van der Waals surface area contributed by atoms with Gasteiger partial charge in [0.2, 0.25) is 0 Å². The second kappa shape index (κ2) is 8.48. The molecule has 6 nitrogen and oxygen atoms in total. The molecule has 3 N–H and O–H groups in total. The average Bonchev–Trinajstić information content (AvgIpc) is 3.18. The second-order valence-electron chi connectivity index (χ2n) is 6.72. The minimum atomic E-state index is -0.488. The van der Waals surface area contributed by atoms with E-state index in [1.165, 1.54) is 7.11 Å².